The van der Waals surface area contributed by atoms with Gasteiger partial charge in [-0.1, -0.05) is 36.4 Å². The van der Waals surface area contributed by atoms with Gasteiger partial charge in [0.15, 0.2) is 5.17 Å². The molecule has 1 atom stereocenters. The zero-order valence-electron chi connectivity index (χ0n) is 13.1. The smallest absolute Gasteiger partial charge is 0.240 e. The minimum absolute atomic E-state index is 0.143. The minimum Gasteiger partial charge on any atom is -0.326 e. The Bertz CT molecular complexity index is 613. The molecule has 5 nitrogen and oxygen atoms in total. The second kappa shape index (κ2) is 7.45. The first-order valence-corrected chi connectivity index (χ1v) is 8.26. The van der Waals surface area contributed by atoms with Gasteiger partial charge in [-0.2, -0.15) is 0 Å². The number of aryl methyl sites for hydroxylation is 2. The molecule has 0 aromatic heterocycles. The molecule has 1 aromatic carbocycles. The van der Waals surface area contributed by atoms with Crippen molar-refractivity contribution in [2.45, 2.75) is 38.9 Å². The number of hydrogen-bond donors (Lipinski definition) is 2. The van der Waals surface area contributed by atoms with Crippen LogP contribution in [0, 0.1) is 13.8 Å². The average Bonchev–Trinajstić information content (AvgIpc) is 2.80. The van der Waals surface area contributed by atoms with E-state index in [0.29, 0.717) is 11.7 Å². The van der Waals surface area contributed by atoms with Gasteiger partial charge in [0.1, 0.15) is 5.25 Å². The number of nitrogens with zero attached hydrogens (tertiary/aromatic N) is 1. The quantitative estimate of drug-likeness (QED) is 0.876. The number of amides is 2. The molecule has 22 heavy (non-hydrogen) atoms. The van der Waals surface area contributed by atoms with E-state index < -0.39 is 5.25 Å². The van der Waals surface area contributed by atoms with Crippen molar-refractivity contribution in [2.24, 2.45) is 4.99 Å². The van der Waals surface area contributed by atoms with E-state index in [1.54, 1.807) is 0 Å². The van der Waals surface area contributed by atoms with Crippen LogP contribution in [0.15, 0.2) is 23.2 Å². The summed E-state index contributed by atoms with van der Waals surface area (Å²) in [6.45, 7) is 6.68. The number of rotatable bonds is 5. The topological polar surface area (TPSA) is 70.6 Å². The third kappa shape index (κ3) is 4.34. The van der Waals surface area contributed by atoms with Crippen LogP contribution in [0.1, 0.15) is 30.9 Å². The molecule has 0 bridgehead atoms. The van der Waals surface area contributed by atoms with Crippen LogP contribution in [-0.2, 0) is 9.59 Å². The maximum Gasteiger partial charge on any atom is 0.240 e. The molecular weight excluding hydrogens is 298 g/mol. The number of thioether (sulfide) groups is 1. The van der Waals surface area contributed by atoms with Gasteiger partial charge in [-0.25, -0.2) is 0 Å². The molecule has 0 saturated carbocycles. The Hall–Kier alpha value is -1.82. The molecule has 2 rings (SSSR count). The second-order valence-corrected chi connectivity index (χ2v) is 6.54. The number of carbonyl (C=O) groups is 2. The van der Waals surface area contributed by atoms with Crippen LogP contribution in [-0.4, -0.2) is 28.8 Å². The largest absolute Gasteiger partial charge is 0.326 e. The molecule has 1 aliphatic rings. The van der Waals surface area contributed by atoms with Gasteiger partial charge in [0, 0.05) is 18.7 Å². The number of carbonyl (C=O) groups excluding carboxylic acids is 2. The minimum atomic E-state index is -0.402. The number of amidine groups is 1. The SMILES string of the molecule is CCCN=C1NC(=O)[C@H](CC(=O)Nc2ccc(C)cc2C)S1. The highest BCUT2D eigenvalue weighted by Crippen LogP contribution is 2.23. The average molecular weight is 319 g/mol. The first-order valence-electron chi connectivity index (χ1n) is 7.38. The molecule has 1 aromatic rings. The standard InChI is InChI=1S/C16H21N3O2S/c1-4-7-17-16-19-15(21)13(22-16)9-14(20)18-12-6-5-10(2)8-11(12)3/h5-6,8,13H,4,7,9H2,1-3H3,(H,18,20)(H,17,19,21)/t13-/m0/s1. The lowest BCUT2D eigenvalue weighted by Crippen LogP contribution is -2.28. The van der Waals surface area contributed by atoms with Gasteiger partial charge in [0.05, 0.1) is 0 Å². The lowest BCUT2D eigenvalue weighted by atomic mass is 10.1. The number of anilines is 1. The zero-order chi connectivity index (χ0) is 16.1. The maximum absolute atomic E-state index is 12.1. The molecule has 0 aliphatic carbocycles. The highest BCUT2D eigenvalue weighted by Gasteiger charge is 2.31. The van der Waals surface area contributed by atoms with Crippen molar-refractivity contribution in [1.82, 2.24) is 5.32 Å². The van der Waals surface area contributed by atoms with E-state index in [-0.39, 0.29) is 18.2 Å². The summed E-state index contributed by atoms with van der Waals surface area (Å²) in [4.78, 5) is 28.3. The first-order chi connectivity index (χ1) is 10.5. The third-order valence-corrected chi connectivity index (χ3v) is 4.40. The van der Waals surface area contributed by atoms with E-state index in [2.05, 4.69) is 15.6 Å². The lowest BCUT2D eigenvalue weighted by molar-refractivity contribution is -0.122. The number of benzene rings is 1. The molecule has 2 amide bonds. The van der Waals surface area contributed by atoms with Crippen LogP contribution in [0.5, 0.6) is 0 Å². The molecule has 0 spiro atoms. The van der Waals surface area contributed by atoms with Gasteiger partial charge in [-0.05, 0) is 31.9 Å². The summed E-state index contributed by atoms with van der Waals surface area (Å²) >= 11 is 1.33. The Morgan fingerprint density at radius 2 is 2.18 bits per heavy atom. The highest BCUT2D eigenvalue weighted by molar-refractivity contribution is 8.15. The van der Waals surface area contributed by atoms with Gasteiger partial charge in [-0.3, -0.25) is 14.6 Å². The molecular formula is C16H21N3O2S. The summed E-state index contributed by atoms with van der Waals surface area (Å²) in [7, 11) is 0. The molecule has 1 heterocycles. The monoisotopic (exact) mass is 319 g/mol. The normalized spacial score (nSPS) is 19.3. The number of nitrogens with one attached hydrogen (secondary N) is 2. The van der Waals surface area contributed by atoms with E-state index >= 15 is 0 Å². The Labute approximate surface area is 135 Å². The number of hydrogen-bond acceptors (Lipinski definition) is 4. The molecule has 1 fully saturated rings. The predicted molar refractivity (Wildman–Crippen MR) is 91.3 cm³/mol. The van der Waals surface area contributed by atoms with E-state index in [1.165, 1.54) is 11.8 Å². The Morgan fingerprint density at radius 1 is 1.41 bits per heavy atom. The van der Waals surface area contributed by atoms with Gasteiger partial charge in [-0.15, -0.1) is 0 Å². The Balaban J connectivity index is 1.93. The summed E-state index contributed by atoms with van der Waals surface area (Å²) < 4.78 is 0. The van der Waals surface area contributed by atoms with Crippen molar-refractivity contribution in [3.63, 3.8) is 0 Å². The molecule has 1 aliphatic heterocycles. The Morgan fingerprint density at radius 3 is 2.86 bits per heavy atom. The molecule has 6 heteroatoms. The van der Waals surface area contributed by atoms with Gasteiger partial charge in [0.2, 0.25) is 11.8 Å². The summed E-state index contributed by atoms with van der Waals surface area (Å²) in [5.74, 6) is -0.299. The highest BCUT2D eigenvalue weighted by atomic mass is 32.2. The molecule has 1 saturated heterocycles. The van der Waals surface area contributed by atoms with Crippen LogP contribution in [0.2, 0.25) is 0 Å². The third-order valence-electron chi connectivity index (χ3n) is 3.28. The molecule has 2 N–H and O–H groups in total. The second-order valence-electron chi connectivity index (χ2n) is 5.35. The van der Waals surface area contributed by atoms with Gasteiger partial charge in [0.25, 0.3) is 0 Å². The van der Waals surface area contributed by atoms with Crippen LogP contribution in [0.3, 0.4) is 0 Å². The fraction of sp³-hybridized carbons (Fsp3) is 0.438. The molecule has 0 radical (unpaired) electrons. The van der Waals surface area contributed by atoms with E-state index in [1.807, 2.05) is 39.0 Å². The summed E-state index contributed by atoms with van der Waals surface area (Å²) in [5.41, 5.74) is 2.96. The maximum atomic E-state index is 12.1. The van der Waals surface area contributed by atoms with Gasteiger partial charge < -0.3 is 10.6 Å². The predicted octanol–water partition coefficient (Wildman–Crippen LogP) is 2.63. The number of aliphatic imine (C=N–C) groups is 1. The molecule has 0 unspecified atom stereocenters. The van der Waals surface area contributed by atoms with Crippen LogP contribution >= 0.6 is 11.8 Å². The summed E-state index contributed by atoms with van der Waals surface area (Å²) in [6, 6.07) is 5.86. The van der Waals surface area contributed by atoms with Crippen LogP contribution in [0.25, 0.3) is 0 Å². The van der Waals surface area contributed by atoms with Crippen molar-refractivity contribution in [3.8, 4) is 0 Å². The van der Waals surface area contributed by atoms with Crippen molar-refractivity contribution in [2.75, 3.05) is 11.9 Å². The van der Waals surface area contributed by atoms with Crippen molar-refractivity contribution >= 4 is 34.4 Å². The van der Waals surface area contributed by atoms with Crippen LogP contribution in [0.4, 0.5) is 5.69 Å². The van der Waals surface area contributed by atoms with Crippen LogP contribution < -0.4 is 10.6 Å². The van der Waals surface area contributed by atoms with Crippen molar-refractivity contribution in [3.05, 3.63) is 29.3 Å². The van der Waals surface area contributed by atoms with E-state index in [4.69, 9.17) is 0 Å². The van der Waals surface area contributed by atoms with Crippen molar-refractivity contribution in [1.29, 1.82) is 0 Å². The fourth-order valence-corrected chi connectivity index (χ4v) is 3.15. The van der Waals surface area contributed by atoms with Crippen molar-refractivity contribution < 1.29 is 9.59 Å². The van der Waals surface area contributed by atoms with Gasteiger partial charge >= 0.3 is 0 Å². The summed E-state index contributed by atoms with van der Waals surface area (Å²) in [5, 5.41) is 5.81. The zero-order valence-corrected chi connectivity index (χ0v) is 13.9. The first kappa shape index (κ1) is 16.5. The fourth-order valence-electron chi connectivity index (χ4n) is 2.15. The van der Waals surface area contributed by atoms with E-state index in [9.17, 15) is 9.59 Å². The summed E-state index contributed by atoms with van der Waals surface area (Å²) in [6.07, 6.45) is 1.08. The van der Waals surface area contributed by atoms with E-state index in [0.717, 1.165) is 23.2 Å². The Kier molecular flexibility index (Phi) is 5.60. The lowest BCUT2D eigenvalue weighted by Gasteiger charge is -2.10. The molecule has 118 valence electrons.